The first-order chi connectivity index (χ1) is 12.9. The number of benzene rings is 1. The Labute approximate surface area is 150 Å². The number of hydrogen-bond donors (Lipinski definition) is 2. The Balaban J connectivity index is 1.87. The maximum Gasteiger partial charge on any atom is 0.337 e. The molecule has 0 aliphatic heterocycles. The number of nitrogens with zero attached hydrogens (tertiary/aromatic N) is 4. The average molecular weight is 369 g/mol. The number of nitrogens with one attached hydrogen (secondary N) is 1. The van der Waals surface area contributed by atoms with Crippen molar-refractivity contribution < 1.29 is 23.5 Å². The number of aromatic nitrogens is 4. The normalized spacial score (nSPS) is 10.3. The van der Waals surface area contributed by atoms with Gasteiger partial charge in [0.05, 0.1) is 23.0 Å². The van der Waals surface area contributed by atoms with Crippen LogP contribution in [0.15, 0.2) is 36.8 Å². The summed E-state index contributed by atoms with van der Waals surface area (Å²) in [6, 6.07) is 4.43. The summed E-state index contributed by atoms with van der Waals surface area (Å²) in [4.78, 5) is 27.0. The molecule has 0 atom stereocenters. The first kappa shape index (κ1) is 17.7. The molecule has 2 N–H and O–H groups in total. The Morgan fingerprint density at radius 1 is 1.22 bits per heavy atom. The van der Waals surface area contributed by atoms with Gasteiger partial charge in [0.15, 0.2) is 11.5 Å². The lowest BCUT2D eigenvalue weighted by Crippen LogP contribution is -2.17. The van der Waals surface area contributed by atoms with Gasteiger partial charge in [-0.2, -0.15) is 4.39 Å². The Hall–Kier alpha value is -4.13. The zero-order valence-electron chi connectivity index (χ0n) is 13.3. The standard InChI is InChI=1S/C17H9F2N5O3/c1-2-9-5-13(10(17(26)27)6-11(9)18)21-16(25)12-3-4-15(23-22-12)24-7-14(19)20-8-24/h1,3-8H,(H,21,25)(H,26,27). The number of aromatic carboxylic acids is 1. The number of halogens is 2. The van der Waals surface area contributed by atoms with Crippen molar-refractivity contribution in [3.8, 4) is 18.2 Å². The van der Waals surface area contributed by atoms with Gasteiger partial charge in [-0.1, -0.05) is 5.92 Å². The van der Waals surface area contributed by atoms with Gasteiger partial charge in [-0.25, -0.2) is 14.2 Å². The average Bonchev–Trinajstić information content (AvgIpc) is 3.09. The fourth-order valence-corrected chi connectivity index (χ4v) is 2.16. The molecule has 134 valence electrons. The molecule has 0 fully saturated rings. The van der Waals surface area contributed by atoms with Gasteiger partial charge in [0.2, 0.25) is 5.95 Å². The van der Waals surface area contributed by atoms with Gasteiger partial charge in [-0.3, -0.25) is 9.36 Å². The van der Waals surface area contributed by atoms with Crippen molar-refractivity contribution >= 4 is 17.6 Å². The maximum absolute atomic E-state index is 13.7. The molecule has 0 saturated heterocycles. The largest absolute Gasteiger partial charge is 0.478 e. The molecule has 8 nitrogen and oxygen atoms in total. The summed E-state index contributed by atoms with van der Waals surface area (Å²) in [5, 5.41) is 18.9. The van der Waals surface area contributed by atoms with Crippen LogP contribution in [0.3, 0.4) is 0 Å². The van der Waals surface area contributed by atoms with E-state index in [0.717, 1.165) is 18.3 Å². The number of carboxylic acid groups (broad SMARTS) is 1. The molecule has 0 aliphatic rings. The number of anilines is 1. The fraction of sp³-hybridized carbons (Fsp3) is 0. The Morgan fingerprint density at radius 3 is 2.56 bits per heavy atom. The minimum atomic E-state index is -1.45. The summed E-state index contributed by atoms with van der Waals surface area (Å²) in [7, 11) is 0. The van der Waals surface area contributed by atoms with Crippen LogP contribution < -0.4 is 5.32 Å². The number of carbonyl (C=O) groups excluding carboxylic acids is 1. The second kappa shape index (κ2) is 7.01. The van der Waals surface area contributed by atoms with E-state index in [0.29, 0.717) is 0 Å². The molecule has 0 unspecified atom stereocenters. The predicted octanol–water partition coefficient (Wildman–Crippen LogP) is 1.87. The Morgan fingerprint density at radius 2 is 2.00 bits per heavy atom. The molecule has 1 amide bonds. The number of carbonyl (C=O) groups is 2. The van der Waals surface area contributed by atoms with Crippen LogP contribution in [0.1, 0.15) is 26.4 Å². The van der Waals surface area contributed by atoms with Crippen molar-refractivity contribution in [3.63, 3.8) is 0 Å². The lowest BCUT2D eigenvalue weighted by atomic mass is 10.1. The quantitative estimate of drug-likeness (QED) is 0.680. The van der Waals surface area contributed by atoms with E-state index in [-0.39, 0.29) is 22.8 Å². The van der Waals surface area contributed by atoms with E-state index >= 15 is 0 Å². The highest BCUT2D eigenvalue weighted by Gasteiger charge is 2.18. The third kappa shape index (κ3) is 3.62. The SMILES string of the molecule is C#Cc1cc(NC(=O)c2ccc(-n3cnc(F)c3)nn2)c(C(=O)O)cc1F. The third-order valence-electron chi connectivity index (χ3n) is 3.44. The van der Waals surface area contributed by atoms with Crippen molar-refractivity contribution in [3.05, 3.63) is 65.4 Å². The van der Waals surface area contributed by atoms with Crippen molar-refractivity contribution in [1.29, 1.82) is 0 Å². The molecule has 10 heteroatoms. The molecule has 0 saturated carbocycles. The summed E-state index contributed by atoms with van der Waals surface area (Å²) in [5.41, 5.74) is -1.02. The van der Waals surface area contributed by atoms with Crippen molar-refractivity contribution in [2.75, 3.05) is 5.32 Å². The molecule has 3 aromatic rings. The van der Waals surface area contributed by atoms with E-state index in [9.17, 15) is 18.4 Å². The topological polar surface area (TPSA) is 110 Å². The Bertz CT molecular complexity index is 1090. The summed E-state index contributed by atoms with van der Waals surface area (Å²) < 4.78 is 27.9. The van der Waals surface area contributed by atoms with Gasteiger partial charge in [0, 0.05) is 0 Å². The number of carboxylic acids is 1. The summed E-state index contributed by atoms with van der Waals surface area (Å²) in [6.45, 7) is 0. The minimum absolute atomic E-state index is 0.151. The van der Waals surface area contributed by atoms with Gasteiger partial charge in [-0.05, 0) is 24.3 Å². The highest BCUT2D eigenvalue weighted by atomic mass is 19.1. The number of terminal acetylenes is 1. The lowest BCUT2D eigenvalue weighted by molar-refractivity contribution is 0.0697. The fourth-order valence-electron chi connectivity index (χ4n) is 2.16. The van der Waals surface area contributed by atoms with E-state index < -0.39 is 29.2 Å². The van der Waals surface area contributed by atoms with Gasteiger partial charge in [0.25, 0.3) is 5.91 Å². The van der Waals surface area contributed by atoms with Crippen molar-refractivity contribution in [2.45, 2.75) is 0 Å². The van der Waals surface area contributed by atoms with Crippen LogP contribution in [-0.4, -0.2) is 36.7 Å². The van der Waals surface area contributed by atoms with Crippen LogP contribution in [0.4, 0.5) is 14.5 Å². The molecule has 0 radical (unpaired) electrons. The van der Waals surface area contributed by atoms with Crippen molar-refractivity contribution in [2.24, 2.45) is 0 Å². The number of imidazole rings is 1. The first-order valence-electron chi connectivity index (χ1n) is 7.27. The van der Waals surface area contributed by atoms with Gasteiger partial charge in [-0.15, -0.1) is 16.6 Å². The van der Waals surface area contributed by atoms with Gasteiger partial charge >= 0.3 is 5.97 Å². The van der Waals surface area contributed by atoms with Crippen LogP contribution in [0.25, 0.3) is 5.82 Å². The Kier molecular flexibility index (Phi) is 4.59. The molecule has 2 heterocycles. The number of rotatable bonds is 4. The molecule has 3 rings (SSSR count). The monoisotopic (exact) mass is 369 g/mol. The highest BCUT2D eigenvalue weighted by Crippen LogP contribution is 2.21. The van der Waals surface area contributed by atoms with Crippen LogP contribution in [0.2, 0.25) is 0 Å². The molecule has 2 aromatic heterocycles. The van der Waals surface area contributed by atoms with E-state index in [4.69, 9.17) is 11.5 Å². The van der Waals surface area contributed by atoms with Gasteiger partial charge in [0.1, 0.15) is 12.1 Å². The molecule has 0 aliphatic carbocycles. The summed E-state index contributed by atoms with van der Waals surface area (Å²) >= 11 is 0. The van der Waals surface area contributed by atoms with E-state index in [1.54, 1.807) is 0 Å². The smallest absolute Gasteiger partial charge is 0.337 e. The zero-order chi connectivity index (χ0) is 19.6. The molecular weight excluding hydrogens is 360 g/mol. The van der Waals surface area contributed by atoms with E-state index in [1.165, 1.54) is 23.0 Å². The summed E-state index contributed by atoms with van der Waals surface area (Å²) in [5.74, 6) is -1.57. The van der Waals surface area contributed by atoms with Crippen LogP contribution in [0, 0.1) is 24.1 Å². The van der Waals surface area contributed by atoms with Crippen molar-refractivity contribution in [1.82, 2.24) is 19.7 Å². The number of amides is 1. The molecular formula is C17H9F2N5O3. The molecule has 0 bridgehead atoms. The highest BCUT2D eigenvalue weighted by molar-refractivity contribution is 6.06. The molecule has 1 aromatic carbocycles. The second-order valence-corrected chi connectivity index (χ2v) is 5.16. The molecule has 27 heavy (non-hydrogen) atoms. The predicted molar refractivity (Wildman–Crippen MR) is 88.4 cm³/mol. The van der Waals surface area contributed by atoms with E-state index in [2.05, 4.69) is 26.4 Å². The zero-order valence-corrected chi connectivity index (χ0v) is 13.3. The van der Waals surface area contributed by atoms with Crippen LogP contribution in [-0.2, 0) is 0 Å². The third-order valence-corrected chi connectivity index (χ3v) is 3.44. The van der Waals surface area contributed by atoms with Crippen LogP contribution >= 0.6 is 0 Å². The maximum atomic E-state index is 13.7. The molecule has 0 spiro atoms. The van der Waals surface area contributed by atoms with Gasteiger partial charge < -0.3 is 10.4 Å². The van der Waals surface area contributed by atoms with E-state index in [1.807, 2.05) is 0 Å². The first-order valence-corrected chi connectivity index (χ1v) is 7.27. The van der Waals surface area contributed by atoms with Crippen LogP contribution in [0.5, 0.6) is 0 Å². The summed E-state index contributed by atoms with van der Waals surface area (Å²) in [6.07, 6.45) is 7.41. The number of hydrogen-bond acceptors (Lipinski definition) is 5. The second-order valence-electron chi connectivity index (χ2n) is 5.16. The lowest BCUT2D eigenvalue weighted by Gasteiger charge is -2.09. The minimum Gasteiger partial charge on any atom is -0.478 e.